The molecule has 9 heavy (non-hydrogen) atoms. The van der Waals surface area contributed by atoms with E-state index in [1.54, 1.807) is 24.3 Å². The maximum absolute atomic E-state index is 9.74. The van der Waals surface area contributed by atoms with Crippen LogP contribution in [0.1, 0.15) is 0 Å². The third-order valence-corrected chi connectivity index (χ3v) is 0.872. The Morgan fingerprint density at radius 1 is 1.44 bits per heavy atom. The highest BCUT2D eigenvalue weighted by atomic mass is 16.5. The molecule has 0 aliphatic rings. The van der Waals surface area contributed by atoms with Crippen molar-refractivity contribution in [2.45, 2.75) is 0 Å². The standard InChI is InChI=1S/C7H5O2/c8-6-9-7-4-2-1-3-5-7/h2-6H. The van der Waals surface area contributed by atoms with Crippen LogP contribution >= 0.6 is 0 Å². The molecule has 0 saturated heterocycles. The first-order valence-corrected chi connectivity index (χ1v) is 2.50. The van der Waals surface area contributed by atoms with Crippen LogP contribution in [-0.4, -0.2) is 6.47 Å². The van der Waals surface area contributed by atoms with Crippen molar-refractivity contribution in [3.8, 4) is 5.75 Å². The largest absolute Gasteiger partial charge is 0.429 e. The minimum absolute atomic E-state index is 0.398. The monoisotopic (exact) mass is 121 g/mol. The van der Waals surface area contributed by atoms with Crippen LogP contribution in [0.2, 0.25) is 0 Å². The lowest BCUT2D eigenvalue weighted by Crippen LogP contribution is -1.86. The molecular formula is C7H5O2. The van der Waals surface area contributed by atoms with Gasteiger partial charge < -0.3 is 4.74 Å². The summed E-state index contributed by atoms with van der Waals surface area (Å²) in [5.74, 6) is 0.545. The average molecular weight is 121 g/mol. The SMILES string of the molecule is O=COc1cc[c]cc1. The zero-order valence-corrected chi connectivity index (χ0v) is 4.70. The van der Waals surface area contributed by atoms with Gasteiger partial charge in [-0.25, -0.2) is 0 Å². The van der Waals surface area contributed by atoms with E-state index in [4.69, 9.17) is 0 Å². The Morgan fingerprint density at radius 2 is 2.11 bits per heavy atom. The maximum atomic E-state index is 9.74. The summed E-state index contributed by atoms with van der Waals surface area (Å²) in [6.45, 7) is 0.398. The van der Waals surface area contributed by atoms with Crippen LogP contribution in [0.5, 0.6) is 5.75 Å². The van der Waals surface area contributed by atoms with Gasteiger partial charge in [0.05, 0.1) is 0 Å². The lowest BCUT2D eigenvalue weighted by Gasteiger charge is -1.91. The van der Waals surface area contributed by atoms with Gasteiger partial charge in [0.1, 0.15) is 5.75 Å². The fourth-order valence-corrected chi connectivity index (χ4v) is 0.506. The van der Waals surface area contributed by atoms with Gasteiger partial charge in [0.25, 0.3) is 6.47 Å². The van der Waals surface area contributed by atoms with Gasteiger partial charge >= 0.3 is 0 Å². The van der Waals surface area contributed by atoms with Gasteiger partial charge in [0.15, 0.2) is 0 Å². The van der Waals surface area contributed by atoms with Crippen molar-refractivity contribution in [1.82, 2.24) is 0 Å². The van der Waals surface area contributed by atoms with Gasteiger partial charge in [-0.15, -0.1) is 0 Å². The Balaban J connectivity index is 2.72. The molecule has 0 spiro atoms. The summed E-state index contributed by atoms with van der Waals surface area (Å²) in [7, 11) is 0. The number of hydrogen-bond donors (Lipinski definition) is 0. The van der Waals surface area contributed by atoms with E-state index >= 15 is 0 Å². The molecule has 0 fully saturated rings. The predicted octanol–water partition coefficient (Wildman–Crippen LogP) is 1.02. The van der Waals surface area contributed by atoms with E-state index in [0.29, 0.717) is 12.2 Å². The van der Waals surface area contributed by atoms with Gasteiger partial charge in [-0.3, -0.25) is 4.79 Å². The summed E-state index contributed by atoms with van der Waals surface area (Å²) in [6, 6.07) is 9.48. The second-order valence-electron chi connectivity index (χ2n) is 1.45. The third-order valence-electron chi connectivity index (χ3n) is 0.872. The fraction of sp³-hybridized carbons (Fsp3) is 0. The van der Waals surface area contributed by atoms with Crippen LogP contribution in [0.25, 0.3) is 0 Å². The Hall–Kier alpha value is -1.31. The first kappa shape index (κ1) is 5.82. The third kappa shape index (κ3) is 1.57. The highest BCUT2D eigenvalue weighted by Gasteiger charge is 1.84. The molecule has 2 nitrogen and oxygen atoms in total. The number of hydrogen-bond acceptors (Lipinski definition) is 2. The summed E-state index contributed by atoms with van der Waals surface area (Å²) >= 11 is 0. The normalized spacial score (nSPS) is 8.44. The number of carbonyl (C=O) groups excluding carboxylic acids is 1. The molecule has 0 N–H and O–H groups in total. The Labute approximate surface area is 53.1 Å². The topological polar surface area (TPSA) is 26.3 Å². The average Bonchev–Trinajstić information content (AvgIpc) is 1.91. The van der Waals surface area contributed by atoms with Crippen molar-refractivity contribution >= 4 is 6.47 Å². The molecule has 1 radical (unpaired) electrons. The first-order chi connectivity index (χ1) is 4.43. The van der Waals surface area contributed by atoms with Crippen LogP contribution in [0.3, 0.4) is 0 Å². The fourth-order valence-electron chi connectivity index (χ4n) is 0.506. The van der Waals surface area contributed by atoms with Crippen LogP contribution in [0.4, 0.5) is 0 Å². The van der Waals surface area contributed by atoms with E-state index in [1.165, 1.54) is 0 Å². The summed E-state index contributed by atoms with van der Waals surface area (Å²) in [5.41, 5.74) is 0. The van der Waals surface area contributed by atoms with Crippen molar-refractivity contribution < 1.29 is 9.53 Å². The maximum Gasteiger partial charge on any atom is 0.298 e. The lowest BCUT2D eigenvalue weighted by molar-refractivity contribution is -0.120. The Kier molecular flexibility index (Phi) is 1.85. The van der Waals surface area contributed by atoms with E-state index in [-0.39, 0.29) is 0 Å². The zero-order valence-electron chi connectivity index (χ0n) is 4.70. The molecule has 0 amide bonds. The second-order valence-corrected chi connectivity index (χ2v) is 1.45. The molecule has 0 unspecified atom stereocenters. The van der Waals surface area contributed by atoms with Gasteiger partial charge in [-0.2, -0.15) is 0 Å². The molecule has 1 rings (SSSR count). The molecule has 0 aliphatic carbocycles. The molecule has 0 saturated carbocycles. The van der Waals surface area contributed by atoms with Crippen LogP contribution in [0.15, 0.2) is 24.3 Å². The van der Waals surface area contributed by atoms with Crippen molar-refractivity contribution in [2.24, 2.45) is 0 Å². The molecule has 1 aromatic carbocycles. The quantitative estimate of drug-likeness (QED) is 0.546. The number of carbonyl (C=O) groups is 1. The van der Waals surface area contributed by atoms with E-state index in [2.05, 4.69) is 10.8 Å². The lowest BCUT2D eigenvalue weighted by atomic mass is 10.3. The van der Waals surface area contributed by atoms with Gasteiger partial charge in [-0.05, 0) is 18.2 Å². The highest BCUT2D eigenvalue weighted by Crippen LogP contribution is 2.05. The predicted molar refractivity (Wildman–Crippen MR) is 32.0 cm³/mol. The Bertz CT molecular complexity index is 181. The van der Waals surface area contributed by atoms with Crippen molar-refractivity contribution in [1.29, 1.82) is 0 Å². The van der Waals surface area contributed by atoms with Crippen molar-refractivity contribution in [3.63, 3.8) is 0 Å². The first-order valence-electron chi connectivity index (χ1n) is 2.50. The number of benzene rings is 1. The van der Waals surface area contributed by atoms with E-state index in [9.17, 15) is 4.79 Å². The number of rotatable bonds is 2. The molecular weight excluding hydrogens is 116 g/mol. The molecule has 0 heterocycles. The van der Waals surface area contributed by atoms with Crippen molar-refractivity contribution in [3.05, 3.63) is 30.3 Å². The van der Waals surface area contributed by atoms with E-state index in [1.807, 2.05) is 0 Å². The molecule has 0 atom stereocenters. The van der Waals surface area contributed by atoms with Gasteiger partial charge in [-0.1, -0.05) is 12.1 Å². The van der Waals surface area contributed by atoms with Gasteiger partial charge in [0, 0.05) is 0 Å². The van der Waals surface area contributed by atoms with Gasteiger partial charge in [0.2, 0.25) is 0 Å². The van der Waals surface area contributed by atoms with E-state index < -0.39 is 0 Å². The highest BCUT2D eigenvalue weighted by molar-refractivity contribution is 5.44. The molecule has 0 aromatic heterocycles. The zero-order chi connectivity index (χ0) is 6.53. The molecule has 45 valence electrons. The molecule has 0 bridgehead atoms. The summed E-state index contributed by atoms with van der Waals surface area (Å²) < 4.78 is 4.51. The van der Waals surface area contributed by atoms with Crippen LogP contribution in [0, 0.1) is 6.07 Å². The molecule has 2 heteroatoms. The minimum Gasteiger partial charge on any atom is -0.429 e. The molecule has 0 aliphatic heterocycles. The Morgan fingerprint density at radius 3 is 2.67 bits per heavy atom. The summed E-state index contributed by atoms with van der Waals surface area (Å²) in [5, 5.41) is 0. The van der Waals surface area contributed by atoms with Crippen LogP contribution in [-0.2, 0) is 4.79 Å². The number of ether oxygens (including phenoxy) is 1. The molecule has 1 aromatic rings. The van der Waals surface area contributed by atoms with Crippen LogP contribution < -0.4 is 4.74 Å². The van der Waals surface area contributed by atoms with Crippen molar-refractivity contribution in [2.75, 3.05) is 0 Å². The smallest absolute Gasteiger partial charge is 0.298 e. The summed E-state index contributed by atoms with van der Waals surface area (Å²) in [6.07, 6.45) is 0. The second kappa shape index (κ2) is 2.87. The minimum atomic E-state index is 0.398. The van der Waals surface area contributed by atoms with E-state index in [0.717, 1.165) is 0 Å². The summed E-state index contributed by atoms with van der Waals surface area (Å²) in [4.78, 5) is 9.74.